The van der Waals surface area contributed by atoms with Crippen LogP contribution < -0.4 is 11.1 Å². The molecule has 0 unspecified atom stereocenters. The molecule has 0 aromatic heterocycles. The first-order valence-electron chi connectivity index (χ1n) is 2.72. The molecule has 0 heterocycles. The van der Waals surface area contributed by atoms with Crippen LogP contribution in [0.4, 0.5) is 0 Å². The van der Waals surface area contributed by atoms with Crippen LogP contribution >= 0.6 is 0 Å². The monoisotopic (exact) mass is 138 g/mol. The highest BCUT2D eigenvalue weighted by Gasteiger charge is 1.97. The largest absolute Gasteiger partial charge is 0.364 e. The fourth-order valence-electron chi connectivity index (χ4n) is 0.429. The van der Waals surface area contributed by atoms with Crippen LogP contribution in [0.25, 0.3) is 0 Å². The van der Waals surface area contributed by atoms with E-state index < -0.39 is 5.91 Å². The lowest BCUT2D eigenvalue weighted by molar-refractivity contribution is -0.114. The van der Waals surface area contributed by atoms with Gasteiger partial charge in [0.25, 0.3) is 5.91 Å². The summed E-state index contributed by atoms with van der Waals surface area (Å²) in [5, 5.41) is 2.56. The molecule has 0 aliphatic rings. The van der Waals surface area contributed by atoms with Gasteiger partial charge in [-0.1, -0.05) is 19.2 Å². The van der Waals surface area contributed by atoms with Gasteiger partial charge in [-0.2, -0.15) is 0 Å². The summed E-state index contributed by atoms with van der Waals surface area (Å²) in [5.41, 5.74) is 5.23. The Morgan fingerprint density at radius 1 is 1.50 bits per heavy atom. The van der Waals surface area contributed by atoms with Gasteiger partial charge >= 0.3 is 0 Å². The third-order valence-corrected chi connectivity index (χ3v) is 0.808. The average Bonchev–Trinajstić information content (AvgIpc) is 1.87. The predicted molar refractivity (Wildman–Crippen MR) is 40.8 cm³/mol. The van der Waals surface area contributed by atoms with E-state index >= 15 is 0 Å². The number of hydrogen-bond acceptors (Lipinski definition) is 2. The van der Waals surface area contributed by atoms with Gasteiger partial charge in [0.15, 0.2) is 0 Å². The van der Waals surface area contributed by atoms with E-state index in [1.807, 2.05) is 0 Å². The molecule has 0 fully saturated rings. The van der Waals surface area contributed by atoms with Crippen molar-refractivity contribution in [3.63, 3.8) is 0 Å². The van der Waals surface area contributed by atoms with Crippen molar-refractivity contribution in [1.82, 2.24) is 5.32 Å². The van der Waals surface area contributed by atoms with Crippen LogP contribution in [0.2, 0.25) is 0 Å². The van der Waals surface area contributed by atoms with Crippen molar-refractivity contribution in [2.45, 2.75) is 0 Å². The molecule has 0 bridgehead atoms. The molecule has 0 saturated carbocycles. The van der Waals surface area contributed by atoms with Crippen LogP contribution in [0.15, 0.2) is 37.2 Å². The van der Waals surface area contributed by atoms with Gasteiger partial charge in [-0.3, -0.25) is 4.79 Å². The van der Waals surface area contributed by atoms with Crippen molar-refractivity contribution in [2.75, 3.05) is 0 Å². The first-order chi connectivity index (χ1) is 4.72. The molecular formula is C7H10N2O. The second-order valence-corrected chi connectivity index (χ2v) is 1.53. The second kappa shape index (κ2) is 4.38. The summed E-state index contributed by atoms with van der Waals surface area (Å²) >= 11 is 0. The van der Waals surface area contributed by atoms with Crippen molar-refractivity contribution < 1.29 is 4.79 Å². The third-order valence-electron chi connectivity index (χ3n) is 0.808. The minimum absolute atomic E-state index is 0.282. The first kappa shape index (κ1) is 8.49. The Morgan fingerprint density at radius 2 is 2.10 bits per heavy atom. The Balaban J connectivity index is 4.24. The van der Waals surface area contributed by atoms with E-state index in [0.29, 0.717) is 0 Å². The highest BCUT2D eigenvalue weighted by atomic mass is 16.1. The SMILES string of the molecule is C=C/C=C(\NC=C)C(N)=O. The molecule has 0 aliphatic heterocycles. The number of rotatable bonds is 4. The number of allylic oxidation sites excluding steroid dienone is 2. The molecule has 3 heteroatoms. The maximum Gasteiger partial charge on any atom is 0.265 e. The van der Waals surface area contributed by atoms with E-state index in [1.54, 1.807) is 0 Å². The number of nitrogens with one attached hydrogen (secondary N) is 1. The zero-order valence-corrected chi connectivity index (χ0v) is 5.63. The number of carbonyl (C=O) groups excluding carboxylic acids is 1. The van der Waals surface area contributed by atoms with E-state index in [1.165, 1.54) is 18.4 Å². The number of hydrogen-bond donors (Lipinski definition) is 2. The zero-order chi connectivity index (χ0) is 7.98. The van der Waals surface area contributed by atoms with Crippen LogP contribution in [-0.4, -0.2) is 5.91 Å². The number of amides is 1. The fraction of sp³-hybridized carbons (Fsp3) is 0. The summed E-state index contributed by atoms with van der Waals surface area (Å²) in [7, 11) is 0. The lowest BCUT2D eigenvalue weighted by Crippen LogP contribution is -2.22. The lowest BCUT2D eigenvalue weighted by atomic mass is 10.4. The summed E-state index contributed by atoms with van der Waals surface area (Å²) in [4.78, 5) is 10.5. The van der Waals surface area contributed by atoms with Crippen molar-refractivity contribution in [1.29, 1.82) is 0 Å². The molecule has 54 valence electrons. The standard InChI is InChI=1S/C7H10N2O/c1-3-5-6(7(8)10)9-4-2/h3-5,9H,1-2H2,(H2,8,10)/b6-5-. The van der Waals surface area contributed by atoms with Gasteiger partial charge in [0.05, 0.1) is 0 Å². The van der Waals surface area contributed by atoms with Crippen LogP contribution in [-0.2, 0) is 4.79 Å². The number of primary amides is 1. The van der Waals surface area contributed by atoms with E-state index in [-0.39, 0.29) is 5.70 Å². The Morgan fingerprint density at radius 3 is 2.40 bits per heavy atom. The Kier molecular flexibility index (Phi) is 3.72. The molecule has 3 N–H and O–H groups in total. The van der Waals surface area contributed by atoms with Gasteiger partial charge < -0.3 is 11.1 Å². The Hall–Kier alpha value is -1.51. The topological polar surface area (TPSA) is 55.1 Å². The molecule has 0 atom stereocenters. The fourth-order valence-corrected chi connectivity index (χ4v) is 0.429. The van der Waals surface area contributed by atoms with Crippen molar-refractivity contribution in [2.24, 2.45) is 5.73 Å². The zero-order valence-electron chi connectivity index (χ0n) is 5.63. The van der Waals surface area contributed by atoms with Gasteiger partial charge in [0.1, 0.15) is 5.70 Å². The molecule has 0 saturated heterocycles. The molecule has 3 nitrogen and oxygen atoms in total. The predicted octanol–water partition coefficient (Wildman–Crippen LogP) is 0.275. The van der Waals surface area contributed by atoms with Gasteiger partial charge in [-0.15, -0.1) is 0 Å². The highest BCUT2D eigenvalue weighted by molar-refractivity contribution is 5.91. The van der Waals surface area contributed by atoms with E-state index in [4.69, 9.17) is 5.73 Å². The Labute approximate surface area is 59.9 Å². The van der Waals surface area contributed by atoms with Crippen LogP contribution in [0.1, 0.15) is 0 Å². The minimum Gasteiger partial charge on any atom is -0.364 e. The first-order valence-corrected chi connectivity index (χ1v) is 2.72. The van der Waals surface area contributed by atoms with Crippen LogP contribution in [0, 0.1) is 0 Å². The number of carbonyl (C=O) groups is 1. The van der Waals surface area contributed by atoms with Crippen LogP contribution in [0.3, 0.4) is 0 Å². The quantitative estimate of drug-likeness (QED) is 0.433. The molecule has 0 aromatic carbocycles. The third kappa shape index (κ3) is 2.71. The molecule has 0 aromatic rings. The molecule has 1 amide bonds. The van der Waals surface area contributed by atoms with Gasteiger partial charge in [-0.05, 0) is 12.3 Å². The van der Waals surface area contributed by atoms with Crippen molar-refractivity contribution >= 4 is 5.91 Å². The summed E-state index contributed by atoms with van der Waals surface area (Å²) in [6.07, 6.45) is 4.32. The maximum atomic E-state index is 10.5. The minimum atomic E-state index is -0.528. The molecular weight excluding hydrogens is 128 g/mol. The normalized spacial score (nSPS) is 10.2. The molecule has 0 spiro atoms. The van der Waals surface area contributed by atoms with Crippen LogP contribution in [0.5, 0.6) is 0 Å². The van der Waals surface area contributed by atoms with E-state index in [2.05, 4.69) is 18.5 Å². The summed E-state index contributed by atoms with van der Waals surface area (Å²) in [6, 6.07) is 0. The maximum absolute atomic E-state index is 10.5. The van der Waals surface area contributed by atoms with Crippen molar-refractivity contribution in [3.8, 4) is 0 Å². The van der Waals surface area contributed by atoms with Gasteiger partial charge in [0, 0.05) is 0 Å². The summed E-state index contributed by atoms with van der Waals surface area (Å²) in [5.74, 6) is -0.528. The molecule has 10 heavy (non-hydrogen) atoms. The summed E-state index contributed by atoms with van der Waals surface area (Å²) in [6.45, 7) is 6.78. The average molecular weight is 138 g/mol. The lowest BCUT2D eigenvalue weighted by Gasteiger charge is -1.98. The summed E-state index contributed by atoms with van der Waals surface area (Å²) < 4.78 is 0. The number of nitrogens with two attached hydrogens (primary N) is 1. The molecule has 0 aliphatic carbocycles. The van der Waals surface area contributed by atoms with E-state index in [0.717, 1.165) is 0 Å². The van der Waals surface area contributed by atoms with E-state index in [9.17, 15) is 4.79 Å². The van der Waals surface area contributed by atoms with Crippen molar-refractivity contribution in [3.05, 3.63) is 37.2 Å². The smallest absolute Gasteiger partial charge is 0.265 e. The second-order valence-electron chi connectivity index (χ2n) is 1.53. The van der Waals surface area contributed by atoms with Gasteiger partial charge in [-0.25, -0.2) is 0 Å². The highest BCUT2D eigenvalue weighted by Crippen LogP contribution is 1.86. The molecule has 0 radical (unpaired) electrons. The molecule has 0 rings (SSSR count). The Bertz CT molecular complexity index is 182. The van der Waals surface area contributed by atoms with Gasteiger partial charge in [0.2, 0.25) is 0 Å².